The molecule has 1 saturated heterocycles. The summed E-state index contributed by atoms with van der Waals surface area (Å²) in [6, 6.07) is 4.14. The molecule has 0 unspecified atom stereocenters. The van der Waals surface area contributed by atoms with Gasteiger partial charge in [-0.05, 0) is 31.0 Å². The van der Waals surface area contributed by atoms with Crippen LogP contribution < -0.4 is 4.74 Å². The number of carbonyl (C=O) groups excluding carboxylic acids is 1. The number of aliphatic hydroxyl groups excluding tert-OH is 1. The van der Waals surface area contributed by atoms with Gasteiger partial charge in [0.2, 0.25) is 0 Å². The summed E-state index contributed by atoms with van der Waals surface area (Å²) in [5, 5.41) is 9.52. The standard InChI is InChI=1S/C13H16FNO3/c1-18-12-5-4-9(7-11(12)14)13(17)15-6-2-3-10(16)8-15/h4-5,7,10,16H,2-3,6,8H2,1H3/t10-/m0/s1. The lowest BCUT2D eigenvalue weighted by atomic mass is 10.1. The Morgan fingerprint density at radius 1 is 1.56 bits per heavy atom. The van der Waals surface area contributed by atoms with Gasteiger partial charge in [0.1, 0.15) is 0 Å². The predicted octanol–water partition coefficient (Wildman–Crippen LogP) is 1.43. The van der Waals surface area contributed by atoms with Crippen LogP contribution in [0.4, 0.5) is 4.39 Å². The van der Waals surface area contributed by atoms with Crippen molar-refractivity contribution < 1.29 is 19.0 Å². The minimum Gasteiger partial charge on any atom is -0.494 e. The molecule has 0 radical (unpaired) electrons. The highest BCUT2D eigenvalue weighted by atomic mass is 19.1. The third-order valence-electron chi connectivity index (χ3n) is 3.08. The topological polar surface area (TPSA) is 49.8 Å². The number of benzene rings is 1. The van der Waals surface area contributed by atoms with E-state index in [1.807, 2.05) is 0 Å². The maximum Gasteiger partial charge on any atom is 0.254 e. The summed E-state index contributed by atoms with van der Waals surface area (Å²) in [4.78, 5) is 13.7. The summed E-state index contributed by atoms with van der Waals surface area (Å²) in [5.74, 6) is -0.693. The summed E-state index contributed by atoms with van der Waals surface area (Å²) in [6.45, 7) is 0.913. The van der Waals surface area contributed by atoms with Gasteiger partial charge in [-0.25, -0.2) is 4.39 Å². The molecular weight excluding hydrogens is 237 g/mol. The average molecular weight is 253 g/mol. The Kier molecular flexibility index (Phi) is 3.81. The van der Waals surface area contributed by atoms with Gasteiger partial charge in [0.15, 0.2) is 11.6 Å². The summed E-state index contributed by atoms with van der Waals surface area (Å²) >= 11 is 0. The SMILES string of the molecule is COc1ccc(C(=O)N2CCC[C@H](O)C2)cc1F. The first kappa shape index (κ1) is 12.8. The fourth-order valence-electron chi connectivity index (χ4n) is 2.12. The number of rotatable bonds is 2. The number of carbonyl (C=O) groups is 1. The number of halogens is 1. The largest absolute Gasteiger partial charge is 0.494 e. The van der Waals surface area contributed by atoms with Crippen molar-refractivity contribution in [3.8, 4) is 5.75 Å². The Hall–Kier alpha value is -1.62. The number of amides is 1. The van der Waals surface area contributed by atoms with Crippen molar-refractivity contribution in [1.82, 2.24) is 4.90 Å². The third-order valence-corrected chi connectivity index (χ3v) is 3.08. The Morgan fingerprint density at radius 2 is 2.33 bits per heavy atom. The molecule has 0 spiro atoms. The van der Waals surface area contributed by atoms with Crippen LogP contribution in [0.15, 0.2) is 18.2 Å². The van der Waals surface area contributed by atoms with Gasteiger partial charge in [0, 0.05) is 18.7 Å². The van der Waals surface area contributed by atoms with Crippen LogP contribution >= 0.6 is 0 Å². The summed E-state index contributed by atoms with van der Waals surface area (Å²) in [5.41, 5.74) is 0.280. The molecule has 1 amide bonds. The molecule has 98 valence electrons. The molecule has 0 aliphatic carbocycles. The van der Waals surface area contributed by atoms with Crippen LogP contribution in [0, 0.1) is 5.82 Å². The van der Waals surface area contributed by atoms with Crippen molar-refractivity contribution in [2.45, 2.75) is 18.9 Å². The molecule has 18 heavy (non-hydrogen) atoms. The van der Waals surface area contributed by atoms with Crippen LogP contribution in [-0.4, -0.2) is 42.2 Å². The van der Waals surface area contributed by atoms with Crippen molar-refractivity contribution in [2.24, 2.45) is 0 Å². The number of hydrogen-bond acceptors (Lipinski definition) is 3. The molecule has 1 fully saturated rings. The normalized spacial score (nSPS) is 19.7. The van der Waals surface area contributed by atoms with Gasteiger partial charge in [-0.15, -0.1) is 0 Å². The molecule has 1 aromatic carbocycles. The van der Waals surface area contributed by atoms with Gasteiger partial charge in [0.25, 0.3) is 5.91 Å². The minimum absolute atomic E-state index is 0.116. The molecule has 4 nitrogen and oxygen atoms in total. The van der Waals surface area contributed by atoms with Crippen molar-refractivity contribution in [2.75, 3.05) is 20.2 Å². The summed E-state index contributed by atoms with van der Waals surface area (Å²) < 4.78 is 18.3. The molecule has 1 N–H and O–H groups in total. The van der Waals surface area contributed by atoms with Crippen molar-refractivity contribution >= 4 is 5.91 Å². The van der Waals surface area contributed by atoms with Gasteiger partial charge in [-0.2, -0.15) is 0 Å². The van der Waals surface area contributed by atoms with E-state index in [2.05, 4.69) is 0 Å². The van der Waals surface area contributed by atoms with Gasteiger partial charge < -0.3 is 14.7 Å². The van der Waals surface area contributed by atoms with Gasteiger partial charge >= 0.3 is 0 Å². The zero-order chi connectivity index (χ0) is 13.1. The second kappa shape index (κ2) is 5.35. The number of β-amino-alcohol motifs (C(OH)–C–C–N with tert-alkyl or cyclic N) is 1. The maximum absolute atomic E-state index is 13.5. The van der Waals surface area contributed by atoms with Crippen molar-refractivity contribution in [3.63, 3.8) is 0 Å². The van der Waals surface area contributed by atoms with E-state index in [1.165, 1.54) is 25.3 Å². The number of piperidine rings is 1. The number of aliphatic hydroxyl groups is 1. The lowest BCUT2D eigenvalue weighted by Gasteiger charge is -2.30. The van der Waals surface area contributed by atoms with E-state index in [0.717, 1.165) is 6.42 Å². The van der Waals surface area contributed by atoms with Crippen molar-refractivity contribution in [1.29, 1.82) is 0 Å². The molecule has 1 aliphatic rings. The molecule has 1 atom stereocenters. The van der Waals surface area contributed by atoms with E-state index in [9.17, 15) is 14.3 Å². The van der Waals surface area contributed by atoms with Crippen LogP contribution in [0.3, 0.4) is 0 Å². The smallest absolute Gasteiger partial charge is 0.254 e. The van der Waals surface area contributed by atoms with Crippen LogP contribution in [0.5, 0.6) is 5.75 Å². The number of hydrogen-bond donors (Lipinski definition) is 1. The molecule has 0 aromatic heterocycles. The molecule has 2 rings (SSSR count). The quantitative estimate of drug-likeness (QED) is 0.867. The Labute approximate surface area is 105 Å². The summed E-state index contributed by atoms with van der Waals surface area (Å²) in [7, 11) is 1.38. The number of ether oxygens (including phenoxy) is 1. The van der Waals surface area contributed by atoms with Gasteiger partial charge in [-0.3, -0.25) is 4.79 Å². The maximum atomic E-state index is 13.5. The molecule has 5 heteroatoms. The first-order chi connectivity index (χ1) is 8.61. The lowest BCUT2D eigenvalue weighted by molar-refractivity contribution is 0.0473. The molecule has 0 saturated carbocycles. The van der Waals surface area contributed by atoms with Crippen LogP contribution in [0.2, 0.25) is 0 Å². The van der Waals surface area contributed by atoms with Gasteiger partial charge in [-0.1, -0.05) is 0 Å². The first-order valence-corrected chi connectivity index (χ1v) is 5.92. The fourth-order valence-corrected chi connectivity index (χ4v) is 2.12. The number of nitrogens with zero attached hydrogens (tertiary/aromatic N) is 1. The van der Waals surface area contributed by atoms with E-state index in [4.69, 9.17) is 4.74 Å². The van der Waals surface area contributed by atoms with E-state index in [-0.39, 0.29) is 17.2 Å². The van der Waals surface area contributed by atoms with Crippen LogP contribution in [-0.2, 0) is 0 Å². The lowest BCUT2D eigenvalue weighted by Crippen LogP contribution is -2.42. The highest BCUT2D eigenvalue weighted by Gasteiger charge is 2.23. The molecule has 0 bridgehead atoms. The number of likely N-dealkylation sites (tertiary alicyclic amines) is 1. The zero-order valence-corrected chi connectivity index (χ0v) is 10.2. The molecular formula is C13H16FNO3. The minimum atomic E-state index is -0.555. The molecule has 1 aromatic rings. The monoisotopic (exact) mass is 253 g/mol. The number of methoxy groups -OCH3 is 1. The third kappa shape index (κ3) is 2.61. The Balaban J connectivity index is 2.15. The van der Waals surface area contributed by atoms with Gasteiger partial charge in [0.05, 0.1) is 13.2 Å². The Bertz CT molecular complexity index is 450. The van der Waals surface area contributed by atoms with E-state index in [1.54, 1.807) is 4.90 Å². The molecule has 1 heterocycles. The highest BCUT2D eigenvalue weighted by molar-refractivity contribution is 5.94. The second-order valence-electron chi connectivity index (χ2n) is 4.40. The highest BCUT2D eigenvalue weighted by Crippen LogP contribution is 2.20. The second-order valence-corrected chi connectivity index (χ2v) is 4.40. The van der Waals surface area contributed by atoms with Crippen LogP contribution in [0.1, 0.15) is 23.2 Å². The molecule has 1 aliphatic heterocycles. The Morgan fingerprint density at radius 3 is 2.94 bits per heavy atom. The predicted molar refractivity (Wildman–Crippen MR) is 64.1 cm³/mol. The van der Waals surface area contributed by atoms with E-state index < -0.39 is 11.9 Å². The van der Waals surface area contributed by atoms with Crippen molar-refractivity contribution in [3.05, 3.63) is 29.6 Å². The van der Waals surface area contributed by atoms with Crippen LogP contribution in [0.25, 0.3) is 0 Å². The zero-order valence-electron chi connectivity index (χ0n) is 10.2. The van der Waals surface area contributed by atoms with E-state index in [0.29, 0.717) is 19.5 Å². The average Bonchev–Trinajstić information content (AvgIpc) is 2.37. The summed E-state index contributed by atoms with van der Waals surface area (Å²) in [6.07, 6.45) is 0.998. The first-order valence-electron chi connectivity index (χ1n) is 5.92. The fraction of sp³-hybridized carbons (Fsp3) is 0.462. The van der Waals surface area contributed by atoms with E-state index >= 15 is 0 Å².